The summed E-state index contributed by atoms with van der Waals surface area (Å²) in [7, 11) is 1.64. The van der Waals surface area contributed by atoms with Crippen molar-refractivity contribution in [1.82, 2.24) is 0 Å². The van der Waals surface area contributed by atoms with Crippen LogP contribution in [0.4, 0.5) is 4.39 Å². The molecule has 0 amide bonds. The van der Waals surface area contributed by atoms with Crippen LogP contribution in [0.1, 0.15) is 11.1 Å². The maximum Gasteiger partial charge on any atom is 0.129 e. The van der Waals surface area contributed by atoms with Gasteiger partial charge in [0.15, 0.2) is 0 Å². The minimum Gasteiger partial charge on any atom is -0.496 e. The fourth-order valence-corrected chi connectivity index (χ4v) is 1.99. The number of hydrogen-bond acceptors (Lipinski definition) is 1. The Hall–Kier alpha value is -1.57. The van der Waals surface area contributed by atoms with Crippen LogP contribution < -0.4 is 4.74 Å². The van der Waals surface area contributed by atoms with Gasteiger partial charge in [0, 0.05) is 5.39 Å². The summed E-state index contributed by atoms with van der Waals surface area (Å²) in [6.45, 7) is 3.98. The zero-order chi connectivity index (χ0) is 11.0. The zero-order valence-electron chi connectivity index (χ0n) is 9.10. The van der Waals surface area contributed by atoms with Crippen LogP contribution in [0, 0.1) is 19.7 Å². The smallest absolute Gasteiger partial charge is 0.129 e. The summed E-state index contributed by atoms with van der Waals surface area (Å²) >= 11 is 0. The van der Waals surface area contributed by atoms with Crippen LogP contribution in [0.5, 0.6) is 5.75 Å². The standard InChI is InChI=1S/C13H13FO/c1-8-6-9(2)13(15-3)11-5-4-10(14)7-12(8)11/h4-7H,1-3H3. The van der Waals surface area contributed by atoms with Gasteiger partial charge in [-0.2, -0.15) is 0 Å². The molecule has 78 valence electrons. The molecule has 0 atom stereocenters. The second-order valence-electron chi connectivity index (χ2n) is 3.73. The Morgan fingerprint density at radius 3 is 2.40 bits per heavy atom. The molecule has 0 fully saturated rings. The third-order valence-electron chi connectivity index (χ3n) is 2.65. The van der Waals surface area contributed by atoms with Crippen molar-refractivity contribution in [1.29, 1.82) is 0 Å². The molecule has 0 saturated heterocycles. The lowest BCUT2D eigenvalue weighted by molar-refractivity contribution is 0.416. The Labute approximate surface area is 88.5 Å². The first kappa shape index (κ1) is 9.97. The van der Waals surface area contributed by atoms with Gasteiger partial charge in [0.25, 0.3) is 0 Å². The maximum atomic E-state index is 13.1. The van der Waals surface area contributed by atoms with Gasteiger partial charge in [0.2, 0.25) is 0 Å². The number of fused-ring (bicyclic) bond motifs is 1. The predicted molar refractivity (Wildman–Crippen MR) is 59.9 cm³/mol. The molecule has 15 heavy (non-hydrogen) atoms. The monoisotopic (exact) mass is 204 g/mol. The Bertz CT molecular complexity index is 517. The van der Waals surface area contributed by atoms with Crippen LogP contribution in [0.2, 0.25) is 0 Å². The topological polar surface area (TPSA) is 9.23 Å². The van der Waals surface area contributed by atoms with E-state index >= 15 is 0 Å². The van der Waals surface area contributed by atoms with Crippen LogP contribution >= 0.6 is 0 Å². The van der Waals surface area contributed by atoms with Crippen molar-refractivity contribution in [3.63, 3.8) is 0 Å². The third-order valence-corrected chi connectivity index (χ3v) is 2.65. The second-order valence-corrected chi connectivity index (χ2v) is 3.73. The molecule has 0 aromatic heterocycles. The van der Waals surface area contributed by atoms with E-state index in [1.165, 1.54) is 6.07 Å². The summed E-state index contributed by atoms with van der Waals surface area (Å²) in [6.07, 6.45) is 0. The summed E-state index contributed by atoms with van der Waals surface area (Å²) in [5, 5.41) is 1.88. The molecule has 0 N–H and O–H groups in total. The van der Waals surface area contributed by atoms with Crippen LogP contribution in [0.15, 0.2) is 24.3 Å². The summed E-state index contributed by atoms with van der Waals surface area (Å²) in [5.74, 6) is 0.618. The molecule has 2 aromatic carbocycles. The van der Waals surface area contributed by atoms with Crippen molar-refractivity contribution < 1.29 is 9.13 Å². The van der Waals surface area contributed by atoms with Crippen molar-refractivity contribution in [3.8, 4) is 5.75 Å². The number of aryl methyl sites for hydroxylation is 2. The van der Waals surface area contributed by atoms with Gasteiger partial charge in [-0.05, 0) is 48.6 Å². The molecule has 0 unspecified atom stereocenters. The number of ether oxygens (including phenoxy) is 1. The highest BCUT2D eigenvalue weighted by atomic mass is 19.1. The molecule has 2 rings (SSSR count). The SMILES string of the molecule is COc1c(C)cc(C)c2cc(F)ccc12. The second kappa shape index (κ2) is 3.54. The number of methoxy groups -OCH3 is 1. The largest absolute Gasteiger partial charge is 0.496 e. The van der Waals surface area contributed by atoms with E-state index in [1.807, 2.05) is 19.9 Å². The summed E-state index contributed by atoms with van der Waals surface area (Å²) < 4.78 is 18.4. The molecule has 0 aliphatic heterocycles. The molecule has 0 aliphatic carbocycles. The molecular formula is C13H13FO. The average molecular weight is 204 g/mol. The fraction of sp³-hybridized carbons (Fsp3) is 0.231. The van der Waals surface area contributed by atoms with Gasteiger partial charge >= 0.3 is 0 Å². The Morgan fingerprint density at radius 2 is 1.73 bits per heavy atom. The molecule has 0 heterocycles. The highest BCUT2D eigenvalue weighted by Crippen LogP contribution is 2.32. The van der Waals surface area contributed by atoms with Gasteiger partial charge in [0.1, 0.15) is 11.6 Å². The molecule has 0 bridgehead atoms. The summed E-state index contributed by atoms with van der Waals surface area (Å²) in [4.78, 5) is 0. The van der Waals surface area contributed by atoms with Crippen molar-refractivity contribution in [3.05, 3.63) is 41.2 Å². The lowest BCUT2D eigenvalue weighted by Crippen LogP contribution is -1.91. The van der Waals surface area contributed by atoms with Gasteiger partial charge in [-0.25, -0.2) is 4.39 Å². The van der Waals surface area contributed by atoms with E-state index in [1.54, 1.807) is 19.2 Å². The van der Waals surface area contributed by atoms with E-state index in [-0.39, 0.29) is 5.82 Å². The zero-order valence-corrected chi connectivity index (χ0v) is 9.10. The van der Waals surface area contributed by atoms with Gasteiger partial charge in [-0.15, -0.1) is 0 Å². The van der Waals surface area contributed by atoms with Crippen molar-refractivity contribution >= 4 is 10.8 Å². The van der Waals surface area contributed by atoms with Gasteiger partial charge < -0.3 is 4.74 Å². The van der Waals surface area contributed by atoms with Crippen LogP contribution in [-0.4, -0.2) is 7.11 Å². The summed E-state index contributed by atoms with van der Waals surface area (Å²) in [6, 6.07) is 6.79. The first-order valence-corrected chi connectivity index (χ1v) is 4.87. The van der Waals surface area contributed by atoms with Crippen LogP contribution in [0.25, 0.3) is 10.8 Å². The maximum absolute atomic E-state index is 13.1. The van der Waals surface area contributed by atoms with Crippen molar-refractivity contribution in [2.75, 3.05) is 7.11 Å². The van der Waals surface area contributed by atoms with E-state index in [0.29, 0.717) is 0 Å². The lowest BCUT2D eigenvalue weighted by atomic mass is 10.0. The molecule has 2 heteroatoms. The molecule has 0 spiro atoms. The third kappa shape index (κ3) is 1.56. The Kier molecular flexibility index (Phi) is 2.35. The lowest BCUT2D eigenvalue weighted by Gasteiger charge is -2.11. The average Bonchev–Trinajstić information content (AvgIpc) is 2.19. The van der Waals surface area contributed by atoms with E-state index in [4.69, 9.17) is 4.74 Å². The van der Waals surface area contributed by atoms with E-state index in [9.17, 15) is 4.39 Å². The Balaban J connectivity index is 2.90. The van der Waals surface area contributed by atoms with Gasteiger partial charge in [-0.1, -0.05) is 6.07 Å². The minimum absolute atomic E-state index is 0.212. The number of benzene rings is 2. The molecule has 0 radical (unpaired) electrons. The van der Waals surface area contributed by atoms with E-state index in [0.717, 1.165) is 27.6 Å². The molecule has 1 nitrogen and oxygen atoms in total. The quantitative estimate of drug-likeness (QED) is 0.689. The normalized spacial score (nSPS) is 10.7. The van der Waals surface area contributed by atoms with Crippen molar-refractivity contribution in [2.45, 2.75) is 13.8 Å². The van der Waals surface area contributed by atoms with E-state index in [2.05, 4.69) is 0 Å². The minimum atomic E-state index is -0.212. The van der Waals surface area contributed by atoms with Gasteiger partial charge in [-0.3, -0.25) is 0 Å². The summed E-state index contributed by atoms with van der Waals surface area (Å²) in [5.41, 5.74) is 2.15. The Morgan fingerprint density at radius 1 is 1.00 bits per heavy atom. The number of rotatable bonds is 1. The van der Waals surface area contributed by atoms with E-state index < -0.39 is 0 Å². The number of halogens is 1. The first-order valence-electron chi connectivity index (χ1n) is 4.87. The highest BCUT2D eigenvalue weighted by molar-refractivity contribution is 5.92. The predicted octanol–water partition coefficient (Wildman–Crippen LogP) is 3.60. The van der Waals surface area contributed by atoms with Gasteiger partial charge in [0.05, 0.1) is 7.11 Å². The molecular weight excluding hydrogens is 191 g/mol. The highest BCUT2D eigenvalue weighted by Gasteiger charge is 2.08. The van der Waals surface area contributed by atoms with Crippen molar-refractivity contribution in [2.24, 2.45) is 0 Å². The van der Waals surface area contributed by atoms with Crippen LogP contribution in [-0.2, 0) is 0 Å². The fourth-order valence-electron chi connectivity index (χ4n) is 1.99. The molecule has 0 aliphatic rings. The first-order chi connectivity index (χ1) is 7.13. The number of hydrogen-bond donors (Lipinski definition) is 0. The van der Waals surface area contributed by atoms with Crippen LogP contribution in [0.3, 0.4) is 0 Å². The molecule has 0 saturated carbocycles. The molecule has 2 aromatic rings.